The quantitative estimate of drug-likeness (QED) is 0.727. The van der Waals surface area contributed by atoms with Gasteiger partial charge in [-0.05, 0) is 30.2 Å². The Labute approximate surface area is 97.9 Å². The number of nitrogens with zero attached hydrogens (tertiary/aromatic N) is 3. The van der Waals surface area contributed by atoms with Gasteiger partial charge in [0, 0.05) is 25.5 Å². The average molecular weight is 219 g/mol. The van der Waals surface area contributed by atoms with Gasteiger partial charge in [0.2, 0.25) is 5.95 Å². The molecule has 0 unspecified atom stereocenters. The van der Waals surface area contributed by atoms with E-state index in [-0.39, 0.29) is 5.41 Å². The van der Waals surface area contributed by atoms with Crippen molar-refractivity contribution in [3.8, 4) is 0 Å². The molecule has 88 valence electrons. The molecule has 0 bridgehead atoms. The number of anilines is 1. The summed E-state index contributed by atoms with van der Waals surface area (Å²) in [5, 5.41) is 0. The van der Waals surface area contributed by atoms with Crippen LogP contribution in [-0.2, 0) is 5.41 Å². The molecule has 0 amide bonds. The Kier molecular flexibility index (Phi) is 3.13. The molecule has 1 aromatic rings. The van der Waals surface area contributed by atoms with Gasteiger partial charge in [0.1, 0.15) is 0 Å². The summed E-state index contributed by atoms with van der Waals surface area (Å²) in [6, 6.07) is 0. The lowest BCUT2D eigenvalue weighted by molar-refractivity contribution is 0.561. The second kappa shape index (κ2) is 4.40. The van der Waals surface area contributed by atoms with Crippen molar-refractivity contribution in [3.05, 3.63) is 18.0 Å². The third-order valence-corrected chi connectivity index (χ3v) is 3.14. The van der Waals surface area contributed by atoms with Crippen molar-refractivity contribution in [2.75, 3.05) is 18.0 Å². The van der Waals surface area contributed by atoms with E-state index in [2.05, 4.69) is 35.6 Å². The van der Waals surface area contributed by atoms with Gasteiger partial charge in [-0.25, -0.2) is 9.97 Å². The Morgan fingerprint density at radius 1 is 1.00 bits per heavy atom. The number of piperidine rings is 1. The predicted octanol–water partition coefficient (Wildman–Crippen LogP) is 2.76. The van der Waals surface area contributed by atoms with Gasteiger partial charge in [-0.15, -0.1) is 0 Å². The fraction of sp³-hybridized carbons (Fsp3) is 0.692. The maximum atomic E-state index is 4.48. The first-order valence-corrected chi connectivity index (χ1v) is 6.15. The molecule has 1 fully saturated rings. The minimum atomic E-state index is 0.139. The third-order valence-electron chi connectivity index (χ3n) is 3.14. The molecular formula is C13H21N3. The van der Waals surface area contributed by atoms with Gasteiger partial charge < -0.3 is 4.90 Å². The average Bonchev–Trinajstić information content (AvgIpc) is 2.29. The highest BCUT2D eigenvalue weighted by Crippen LogP contribution is 2.22. The molecule has 0 radical (unpaired) electrons. The zero-order valence-electron chi connectivity index (χ0n) is 10.5. The molecule has 1 aromatic heterocycles. The number of rotatable bonds is 1. The van der Waals surface area contributed by atoms with E-state index in [0.717, 1.165) is 19.0 Å². The molecule has 3 nitrogen and oxygen atoms in total. The van der Waals surface area contributed by atoms with Crippen LogP contribution in [0.2, 0.25) is 0 Å². The van der Waals surface area contributed by atoms with Crippen LogP contribution in [-0.4, -0.2) is 23.1 Å². The summed E-state index contributed by atoms with van der Waals surface area (Å²) in [4.78, 5) is 11.3. The van der Waals surface area contributed by atoms with Crippen LogP contribution >= 0.6 is 0 Å². The van der Waals surface area contributed by atoms with Gasteiger partial charge in [0.15, 0.2) is 0 Å². The molecule has 16 heavy (non-hydrogen) atoms. The van der Waals surface area contributed by atoms with Crippen molar-refractivity contribution >= 4 is 5.95 Å². The summed E-state index contributed by atoms with van der Waals surface area (Å²) in [7, 11) is 0. The summed E-state index contributed by atoms with van der Waals surface area (Å²) in [5.74, 6) is 0.896. The van der Waals surface area contributed by atoms with Crippen LogP contribution in [0.25, 0.3) is 0 Å². The highest BCUT2D eigenvalue weighted by atomic mass is 15.2. The molecule has 0 aromatic carbocycles. The monoisotopic (exact) mass is 219 g/mol. The van der Waals surface area contributed by atoms with Crippen LogP contribution in [0, 0.1) is 0 Å². The second-order valence-corrected chi connectivity index (χ2v) is 5.57. The molecule has 2 rings (SSSR count). The van der Waals surface area contributed by atoms with Crippen LogP contribution in [0.1, 0.15) is 45.6 Å². The van der Waals surface area contributed by atoms with E-state index in [1.807, 2.05) is 12.4 Å². The molecule has 0 aliphatic carbocycles. The molecule has 0 atom stereocenters. The SMILES string of the molecule is CC(C)(C)c1cnc(N2CCCCC2)nc1. The van der Waals surface area contributed by atoms with Gasteiger partial charge >= 0.3 is 0 Å². The molecule has 1 aliphatic heterocycles. The number of hydrogen-bond acceptors (Lipinski definition) is 3. The minimum Gasteiger partial charge on any atom is -0.341 e. The largest absolute Gasteiger partial charge is 0.341 e. The molecule has 1 aliphatic rings. The lowest BCUT2D eigenvalue weighted by atomic mass is 9.89. The van der Waals surface area contributed by atoms with Crippen molar-refractivity contribution in [1.82, 2.24) is 9.97 Å². The van der Waals surface area contributed by atoms with Crippen molar-refractivity contribution in [3.63, 3.8) is 0 Å². The summed E-state index contributed by atoms with van der Waals surface area (Å²) in [5.41, 5.74) is 1.34. The Bertz CT molecular complexity index is 331. The van der Waals surface area contributed by atoms with Crippen LogP contribution in [0.15, 0.2) is 12.4 Å². The van der Waals surface area contributed by atoms with Gasteiger partial charge in [-0.2, -0.15) is 0 Å². The predicted molar refractivity (Wildman–Crippen MR) is 66.8 cm³/mol. The molecule has 2 heterocycles. The van der Waals surface area contributed by atoms with Crippen molar-refractivity contribution < 1.29 is 0 Å². The van der Waals surface area contributed by atoms with Crippen molar-refractivity contribution in [2.24, 2.45) is 0 Å². The summed E-state index contributed by atoms with van der Waals surface area (Å²) in [6.45, 7) is 8.77. The molecule has 0 saturated carbocycles. The van der Waals surface area contributed by atoms with Crippen LogP contribution < -0.4 is 4.90 Å². The Hall–Kier alpha value is -1.12. The van der Waals surface area contributed by atoms with E-state index in [0.29, 0.717) is 0 Å². The zero-order chi connectivity index (χ0) is 11.6. The first-order chi connectivity index (χ1) is 7.57. The van der Waals surface area contributed by atoms with E-state index in [4.69, 9.17) is 0 Å². The Balaban J connectivity index is 2.12. The lowest BCUT2D eigenvalue weighted by Crippen LogP contribution is -2.31. The molecule has 3 heteroatoms. The zero-order valence-corrected chi connectivity index (χ0v) is 10.5. The number of hydrogen-bond donors (Lipinski definition) is 0. The topological polar surface area (TPSA) is 29.0 Å². The van der Waals surface area contributed by atoms with Crippen molar-refractivity contribution in [1.29, 1.82) is 0 Å². The minimum absolute atomic E-state index is 0.139. The molecular weight excluding hydrogens is 198 g/mol. The second-order valence-electron chi connectivity index (χ2n) is 5.57. The Morgan fingerprint density at radius 3 is 2.06 bits per heavy atom. The smallest absolute Gasteiger partial charge is 0.225 e. The van der Waals surface area contributed by atoms with E-state index in [1.54, 1.807) is 0 Å². The number of aromatic nitrogens is 2. The van der Waals surface area contributed by atoms with Gasteiger partial charge in [-0.1, -0.05) is 20.8 Å². The summed E-state index contributed by atoms with van der Waals surface area (Å²) < 4.78 is 0. The highest BCUT2D eigenvalue weighted by Gasteiger charge is 2.17. The van der Waals surface area contributed by atoms with Crippen LogP contribution in [0.4, 0.5) is 5.95 Å². The van der Waals surface area contributed by atoms with Crippen LogP contribution in [0.5, 0.6) is 0 Å². The van der Waals surface area contributed by atoms with E-state index in [9.17, 15) is 0 Å². The van der Waals surface area contributed by atoms with Crippen LogP contribution in [0.3, 0.4) is 0 Å². The van der Waals surface area contributed by atoms with E-state index < -0.39 is 0 Å². The highest BCUT2D eigenvalue weighted by molar-refractivity contribution is 5.31. The lowest BCUT2D eigenvalue weighted by Gasteiger charge is -2.27. The van der Waals surface area contributed by atoms with Gasteiger partial charge in [0.25, 0.3) is 0 Å². The first-order valence-electron chi connectivity index (χ1n) is 6.15. The standard InChI is InChI=1S/C13H21N3/c1-13(2,3)11-9-14-12(15-10-11)16-7-5-4-6-8-16/h9-10H,4-8H2,1-3H3. The fourth-order valence-electron chi connectivity index (χ4n) is 1.97. The van der Waals surface area contributed by atoms with E-state index in [1.165, 1.54) is 24.8 Å². The van der Waals surface area contributed by atoms with Gasteiger partial charge in [-0.3, -0.25) is 0 Å². The van der Waals surface area contributed by atoms with E-state index >= 15 is 0 Å². The molecule has 1 saturated heterocycles. The Morgan fingerprint density at radius 2 is 1.56 bits per heavy atom. The maximum Gasteiger partial charge on any atom is 0.225 e. The molecule has 0 N–H and O–H groups in total. The molecule has 0 spiro atoms. The normalized spacial score (nSPS) is 17.6. The third kappa shape index (κ3) is 2.52. The first kappa shape index (κ1) is 11.4. The summed E-state index contributed by atoms with van der Waals surface area (Å²) in [6.07, 6.45) is 7.82. The fourth-order valence-corrected chi connectivity index (χ4v) is 1.97. The summed E-state index contributed by atoms with van der Waals surface area (Å²) >= 11 is 0. The maximum absolute atomic E-state index is 4.48. The van der Waals surface area contributed by atoms with Gasteiger partial charge in [0.05, 0.1) is 0 Å². The van der Waals surface area contributed by atoms with Crippen molar-refractivity contribution in [2.45, 2.75) is 45.4 Å².